The van der Waals surface area contributed by atoms with Gasteiger partial charge >= 0.3 is 5.97 Å². The smallest absolute Gasteiger partial charge is 0.341 e. The fourth-order valence-corrected chi connectivity index (χ4v) is 8.31. The molecule has 0 fully saturated rings. The zero-order valence-electron chi connectivity index (χ0n) is 30.0. The number of rotatable bonds is 13. The number of carbonyl (C=O) groups is 4. The SMILES string of the molecule is COC(=O)c1c(NC(=O)CSc2cccc(NC(=O)/C(=C\c3cc(OC)ccc3OC)NC(=O)c3ccccc3)c2)sc2c1CCC(c1ccccc1)C2. The summed E-state index contributed by atoms with van der Waals surface area (Å²) in [5, 5.41) is 9.06. The molecular weight excluding hydrogens is 723 g/mol. The lowest BCUT2D eigenvalue weighted by molar-refractivity contribution is -0.114. The molecule has 0 spiro atoms. The molecule has 0 aliphatic heterocycles. The maximum Gasteiger partial charge on any atom is 0.341 e. The number of hydrogen-bond acceptors (Lipinski definition) is 9. The number of methoxy groups -OCH3 is 3. The van der Waals surface area contributed by atoms with Crippen molar-refractivity contribution < 1.29 is 33.4 Å². The molecule has 12 heteroatoms. The maximum absolute atomic E-state index is 13.7. The summed E-state index contributed by atoms with van der Waals surface area (Å²) >= 11 is 2.71. The number of amides is 3. The Morgan fingerprint density at radius 2 is 1.61 bits per heavy atom. The molecule has 0 radical (unpaired) electrons. The summed E-state index contributed by atoms with van der Waals surface area (Å²) in [4.78, 5) is 54.9. The number of hydrogen-bond donors (Lipinski definition) is 3. The molecular formula is C42H39N3O7S2. The van der Waals surface area contributed by atoms with Crippen molar-refractivity contribution in [1.29, 1.82) is 0 Å². The van der Waals surface area contributed by atoms with Gasteiger partial charge in [-0.05, 0) is 90.9 Å². The van der Waals surface area contributed by atoms with Gasteiger partial charge in [-0.3, -0.25) is 14.4 Å². The Kier molecular flexibility index (Phi) is 12.5. The van der Waals surface area contributed by atoms with E-state index < -0.39 is 17.8 Å². The van der Waals surface area contributed by atoms with Gasteiger partial charge in [0.05, 0.1) is 32.6 Å². The van der Waals surface area contributed by atoms with Crippen LogP contribution in [0.25, 0.3) is 6.08 Å². The molecule has 276 valence electrons. The first-order valence-corrected chi connectivity index (χ1v) is 19.0. The van der Waals surface area contributed by atoms with Gasteiger partial charge in [0.25, 0.3) is 11.8 Å². The standard InChI is InChI=1S/C42H39N3O7S2/c1-50-31-18-20-35(51-2)29(21-31)22-34(44-39(47)27-13-8-5-9-14-27)40(48)43-30-15-10-16-32(24-30)53-25-37(46)45-41-38(42(49)52-3)33-19-17-28(23-36(33)54-41)26-11-6-4-7-12-26/h4-16,18,20-22,24,28H,17,19,23,25H2,1-3H3,(H,43,48)(H,44,47)(H,45,46)/b34-22+. The van der Waals surface area contributed by atoms with E-state index >= 15 is 0 Å². The third-order valence-corrected chi connectivity index (χ3v) is 11.1. The van der Waals surface area contributed by atoms with Gasteiger partial charge in [0.1, 0.15) is 22.2 Å². The number of esters is 1. The number of nitrogens with one attached hydrogen (secondary N) is 3. The van der Waals surface area contributed by atoms with Crippen LogP contribution in [0.4, 0.5) is 10.7 Å². The second-order valence-corrected chi connectivity index (χ2v) is 14.5. The second kappa shape index (κ2) is 17.8. The van der Waals surface area contributed by atoms with Crippen LogP contribution >= 0.6 is 23.1 Å². The Balaban J connectivity index is 1.15. The summed E-state index contributed by atoms with van der Waals surface area (Å²) < 4.78 is 16.0. The van der Waals surface area contributed by atoms with Gasteiger partial charge < -0.3 is 30.2 Å². The molecule has 1 heterocycles. The Morgan fingerprint density at radius 3 is 2.33 bits per heavy atom. The number of carbonyl (C=O) groups excluding carboxylic acids is 4. The van der Waals surface area contributed by atoms with Gasteiger partial charge in [-0.15, -0.1) is 23.1 Å². The molecule has 0 saturated carbocycles. The molecule has 3 amide bonds. The fourth-order valence-electron chi connectivity index (χ4n) is 6.23. The zero-order chi connectivity index (χ0) is 38.0. The molecule has 5 aromatic rings. The molecule has 10 nitrogen and oxygen atoms in total. The van der Waals surface area contributed by atoms with E-state index in [0.29, 0.717) is 44.8 Å². The summed E-state index contributed by atoms with van der Waals surface area (Å²) in [6.45, 7) is 0. The van der Waals surface area contributed by atoms with Crippen LogP contribution < -0.4 is 25.4 Å². The van der Waals surface area contributed by atoms with E-state index in [9.17, 15) is 19.2 Å². The van der Waals surface area contributed by atoms with Crippen molar-refractivity contribution in [2.45, 2.75) is 30.1 Å². The number of fused-ring (bicyclic) bond motifs is 1. The molecule has 4 aromatic carbocycles. The average Bonchev–Trinajstić information content (AvgIpc) is 3.57. The Bertz CT molecular complexity index is 2180. The van der Waals surface area contributed by atoms with E-state index in [0.717, 1.165) is 34.6 Å². The van der Waals surface area contributed by atoms with Crippen molar-refractivity contribution in [3.05, 3.63) is 142 Å². The van der Waals surface area contributed by atoms with Crippen LogP contribution in [0.1, 0.15) is 54.6 Å². The normalized spacial score (nSPS) is 13.6. The highest BCUT2D eigenvalue weighted by Gasteiger charge is 2.30. The van der Waals surface area contributed by atoms with Crippen LogP contribution in [0, 0.1) is 0 Å². The fraction of sp³-hybridized carbons (Fsp3) is 0.190. The highest BCUT2D eigenvalue weighted by molar-refractivity contribution is 8.00. The van der Waals surface area contributed by atoms with E-state index in [-0.39, 0.29) is 17.4 Å². The quantitative estimate of drug-likeness (QED) is 0.0626. The first-order valence-electron chi connectivity index (χ1n) is 17.2. The third kappa shape index (κ3) is 9.20. The molecule has 3 N–H and O–H groups in total. The summed E-state index contributed by atoms with van der Waals surface area (Å²) in [6.07, 6.45) is 3.93. The largest absolute Gasteiger partial charge is 0.497 e. The molecule has 1 atom stereocenters. The van der Waals surface area contributed by atoms with Crippen LogP contribution in [0.5, 0.6) is 11.5 Å². The van der Waals surface area contributed by atoms with Gasteiger partial charge in [-0.2, -0.15) is 0 Å². The Morgan fingerprint density at radius 1 is 0.852 bits per heavy atom. The minimum absolute atomic E-state index is 0.0250. The molecule has 6 rings (SSSR count). The van der Waals surface area contributed by atoms with E-state index in [4.69, 9.17) is 14.2 Å². The minimum atomic E-state index is -0.574. The van der Waals surface area contributed by atoms with Crippen molar-refractivity contribution in [1.82, 2.24) is 5.32 Å². The second-order valence-electron chi connectivity index (χ2n) is 12.4. The van der Waals surface area contributed by atoms with Crippen LogP contribution in [0.15, 0.2) is 114 Å². The first kappa shape index (κ1) is 37.9. The first-order chi connectivity index (χ1) is 26.3. The van der Waals surface area contributed by atoms with Gasteiger partial charge in [-0.1, -0.05) is 54.6 Å². The zero-order valence-corrected chi connectivity index (χ0v) is 31.6. The lowest BCUT2D eigenvalue weighted by Crippen LogP contribution is -2.30. The molecule has 54 heavy (non-hydrogen) atoms. The highest BCUT2D eigenvalue weighted by Crippen LogP contribution is 2.43. The predicted octanol–water partition coefficient (Wildman–Crippen LogP) is 7.96. The van der Waals surface area contributed by atoms with Crippen LogP contribution in [0.2, 0.25) is 0 Å². The van der Waals surface area contributed by atoms with Crippen molar-refractivity contribution in [2.75, 3.05) is 37.7 Å². The molecule has 0 saturated heterocycles. The van der Waals surface area contributed by atoms with Gasteiger partial charge in [0.15, 0.2) is 0 Å². The van der Waals surface area contributed by atoms with Crippen molar-refractivity contribution >= 4 is 63.6 Å². The van der Waals surface area contributed by atoms with Crippen molar-refractivity contribution in [3.63, 3.8) is 0 Å². The van der Waals surface area contributed by atoms with E-state index in [1.807, 2.05) is 24.3 Å². The van der Waals surface area contributed by atoms with Crippen LogP contribution in [-0.4, -0.2) is 50.8 Å². The number of ether oxygens (including phenoxy) is 3. The Hall–Kier alpha value is -5.85. The van der Waals surface area contributed by atoms with Crippen LogP contribution in [-0.2, 0) is 27.2 Å². The van der Waals surface area contributed by atoms with Crippen molar-refractivity contribution in [3.8, 4) is 11.5 Å². The van der Waals surface area contributed by atoms with E-state index in [2.05, 4.69) is 28.1 Å². The Labute approximate surface area is 321 Å². The van der Waals surface area contributed by atoms with Gasteiger partial charge in [0.2, 0.25) is 5.91 Å². The highest BCUT2D eigenvalue weighted by atomic mass is 32.2. The monoisotopic (exact) mass is 761 g/mol. The lowest BCUT2D eigenvalue weighted by atomic mass is 9.83. The number of thioether (sulfide) groups is 1. The topological polar surface area (TPSA) is 132 Å². The predicted molar refractivity (Wildman–Crippen MR) is 213 cm³/mol. The van der Waals surface area contributed by atoms with Gasteiger partial charge in [0, 0.05) is 26.6 Å². The molecule has 1 aliphatic rings. The molecule has 1 aromatic heterocycles. The molecule has 1 aliphatic carbocycles. The summed E-state index contributed by atoms with van der Waals surface area (Å²) in [7, 11) is 4.39. The molecule has 0 bridgehead atoms. The van der Waals surface area contributed by atoms with Crippen LogP contribution in [0.3, 0.4) is 0 Å². The number of benzene rings is 4. The summed E-state index contributed by atoms with van der Waals surface area (Å²) in [5.74, 6) is -0.365. The van der Waals surface area contributed by atoms with E-state index in [1.165, 1.54) is 56.1 Å². The maximum atomic E-state index is 13.7. The average molecular weight is 762 g/mol. The number of thiophene rings is 1. The summed E-state index contributed by atoms with van der Waals surface area (Å²) in [5.41, 5.74) is 3.97. The minimum Gasteiger partial charge on any atom is -0.497 e. The van der Waals surface area contributed by atoms with E-state index in [1.54, 1.807) is 66.7 Å². The lowest BCUT2D eigenvalue weighted by Gasteiger charge is -2.22. The third-order valence-electron chi connectivity index (χ3n) is 8.91. The number of anilines is 2. The molecule has 1 unspecified atom stereocenters. The van der Waals surface area contributed by atoms with Crippen molar-refractivity contribution in [2.24, 2.45) is 0 Å². The summed E-state index contributed by atoms with van der Waals surface area (Å²) in [6, 6.07) is 31.1. The van der Waals surface area contributed by atoms with Gasteiger partial charge in [-0.25, -0.2) is 4.79 Å².